The van der Waals surface area contributed by atoms with Crippen molar-refractivity contribution in [2.24, 2.45) is 0 Å². The minimum absolute atomic E-state index is 0.197. The molecule has 1 amide bonds. The Kier molecular flexibility index (Phi) is 6.79. The van der Waals surface area contributed by atoms with Crippen LogP contribution in [0.15, 0.2) is 29.4 Å². The maximum Gasteiger partial charge on any atom is 0.233 e. The molecule has 29 heavy (non-hydrogen) atoms. The summed E-state index contributed by atoms with van der Waals surface area (Å²) in [6, 6.07) is 6.79. The van der Waals surface area contributed by atoms with Gasteiger partial charge >= 0.3 is 0 Å². The lowest BCUT2D eigenvalue weighted by Gasteiger charge is -2.41. The number of thioether (sulfide) groups is 1. The molecule has 2 fully saturated rings. The van der Waals surface area contributed by atoms with Crippen molar-refractivity contribution in [3.8, 4) is 5.69 Å². The van der Waals surface area contributed by atoms with Gasteiger partial charge in [-0.15, -0.1) is 5.10 Å². The molecule has 0 radical (unpaired) electrons. The summed E-state index contributed by atoms with van der Waals surface area (Å²) in [5.74, 6) is 0.221. The minimum atomic E-state index is -0.304. The van der Waals surface area contributed by atoms with Crippen molar-refractivity contribution >= 4 is 17.7 Å². The number of nitrogens with zero attached hydrogens (tertiary/aromatic N) is 5. The highest BCUT2D eigenvalue weighted by atomic mass is 32.2. The van der Waals surface area contributed by atoms with Crippen molar-refractivity contribution < 1.29 is 9.18 Å². The molecule has 0 bridgehead atoms. The van der Waals surface area contributed by atoms with Crippen molar-refractivity contribution in [1.82, 2.24) is 25.1 Å². The van der Waals surface area contributed by atoms with Gasteiger partial charge in [-0.1, -0.05) is 50.3 Å². The highest BCUT2D eigenvalue weighted by Crippen LogP contribution is 2.31. The fraction of sp³-hybridized carbons (Fsp3) is 0.619. The van der Waals surface area contributed by atoms with Gasteiger partial charge in [-0.05, 0) is 60.4 Å². The van der Waals surface area contributed by atoms with Gasteiger partial charge in [0.15, 0.2) is 0 Å². The van der Waals surface area contributed by atoms with E-state index in [1.165, 1.54) is 62.4 Å². The van der Waals surface area contributed by atoms with Crippen LogP contribution in [0.5, 0.6) is 0 Å². The molecular weight excluding hydrogens is 389 g/mol. The number of benzene rings is 1. The number of halogens is 1. The number of hydrogen-bond acceptors (Lipinski definition) is 5. The van der Waals surface area contributed by atoms with Crippen LogP contribution in [0.1, 0.15) is 64.2 Å². The fourth-order valence-electron chi connectivity index (χ4n) is 4.64. The molecule has 0 N–H and O–H groups in total. The van der Waals surface area contributed by atoms with E-state index in [9.17, 15) is 9.18 Å². The van der Waals surface area contributed by atoms with Crippen LogP contribution < -0.4 is 0 Å². The van der Waals surface area contributed by atoms with Crippen molar-refractivity contribution in [3.63, 3.8) is 0 Å². The predicted octanol–water partition coefficient (Wildman–Crippen LogP) is 4.39. The van der Waals surface area contributed by atoms with Crippen LogP contribution in [0.25, 0.3) is 5.69 Å². The molecule has 4 rings (SSSR count). The standard InChI is InChI=1S/C21H28FN5OS/c22-16-11-13-19(14-12-16)27-21(23-24-25-27)29-15-20(28)26(17-7-3-1-4-8-17)18-9-5-2-6-10-18/h11-14,17-18H,1-10,15H2. The third-order valence-corrected chi connectivity index (χ3v) is 6.97. The number of amides is 1. The fourth-order valence-corrected chi connectivity index (χ4v) is 5.40. The van der Waals surface area contributed by atoms with Crippen LogP contribution in [0.2, 0.25) is 0 Å². The second-order valence-electron chi connectivity index (χ2n) is 8.02. The average molecular weight is 418 g/mol. The summed E-state index contributed by atoms with van der Waals surface area (Å²) in [7, 11) is 0. The summed E-state index contributed by atoms with van der Waals surface area (Å²) in [5, 5.41) is 12.4. The Balaban J connectivity index is 1.45. The zero-order chi connectivity index (χ0) is 20.1. The summed E-state index contributed by atoms with van der Waals surface area (Å²) in [5.41, 5.74) is 0.683. The highest BCUT2D eigenvalue weighted by Gasteiger charge is 2.32. The van der Waals surface area contributed by atoms with Crippen LogP contribution in [0, 0.1) is 5.82 Å². The Labute approximate surface area is 175 Å². The molecule has 2 aliphatic carbocycles. The molecule has 0 aliphatic heterocycles. The van der Waals surface area contributed by atoms with E-state index in [-0.39, 0.29) is 11.7 Å². The maximum atomic E-state index is 13.3. The number of tetrazole rings is 1. The van der Waals surface area contributed by atoms with Crippen LogP contribution in [-0.4, -0.2) is 48.9 Å². The molecule has 2 saturated carbocycles. The topological polar surface area (TPSA) is 63.9 Å². The Morgan fingerprint density at radius 3 is 2.17 bits per heavy atom. The monoisotopic (exact) mass is 417 g/mol. The lowest BCUT2D eigenvalue weighted by atomic mass is 9.88. The third kappa shape index (κ3) is 4.97. The zero-order valence-corrected chi connectivity index (χ0v) is 17.5. The first-order valence-corrected chi connectivity index (χ1v) is 11.7. The van der Waals surface area contributed by atoms with E-state index < -0.39 is 0 Å². The molecule has 156 valence electrons. The van der Waals surface area contributed by atoms with E-state index in [2.05, 4.69) is 20.4 Å². The molecule has 6 nitrogen and oxygen atoms in total. The summed E-state index contributed by atoms with van der Waals surface area (Å²) >= 11 is 1.36. The average Bonchev–Trinajstić information content (AvgIpc) is 3.23. The van der Waals surface area contributed by atoms with Crippen molar-refractivity contribution in [2.75, 3.05) is 5.75 Å². The van der Waals surface area contributed by atoms with E-state index in [4.69, 9.17) is 0 Å². The van der Waals surface area contributed by atoms with E-state index in [0.717, 1.165) is 25.7 Å². The largest absolute Gasteiger partial charge is 0.336 e. The first-order valence-electron chi connectivity index (χ1n) is 10.7. The number of aromatic nitrogens is 4. The van der Waals surface area contributed by atoms with Crippen LogP contribution in [0.3, 0.4) is 0 Å². The second-order valence-corrected chi connectivity index (χ2v) is 8.97. The van der Waals surface area contributed by atoms with Crippen molar-refractivity contribution in [3.05, 3.63) is 30.1 Å². The van der Waals surface area contributed by atoms with Gasteiger partial charge in [0.2, 0.25) is 11.1 Å². The highest BCUT2D eigenvalue weighted by molar-refractivity contribution is 7.99. The third-order valence-electron chi connectivity index (χ3n) is 6.06. The minimum Gasteiger partial charge on any atom is -0.336 e. The Hall–Kier alpha value is -1.96. The molecule has 0 unspecified atom stereocenters. The van der Waals surface area contributed by atoms with Gasteiger partial charge in [0.25, 0.3) is 0 Å². The Morgan fingerprint density at radius 1 is 1.00 bits per heavy atom. The summed E-state index contributed by atoms with van der Waals surface area (Å²) < 4.78 is 14.8. The van der Waals surface area contributed by atoms with Crippen molar-refractivity contribution in [2.45, 2.75) is 81.4 Å². The Morgan fingerprint density at radius 2 is 1.59 bits per heavy atom. The maximum absolute atomic E-state index is 13.3. The molecule has 1 aromatic heterocycles. The molecule has 2 aliphatic rings. The normalized spacial score (nSPS) is 18.7. The van der Waals surface area contributed by atoms with Gasteiger partial charge < -0.3 is 4.90 Å². The first-order chi connectivity index (χ1) is 14.2. The molecule has 0 saturated heterocycles. The molecule has 0 atom stereocenters. The van der Waals surface area contributed by atoms with Crippen molar-refractivity contribution in [1.29, 1.82) is 0 Å². The van der Waals surface area contributed by atoms with E-state index in [1.54, 1.807) is 16.8 Å². The van der Waals surface area contributed by atoms with Gasteiger partial charge in [-0.2, -0.15) is 4.68 Å². The predicted molar refractivity (Wildman–Crippen MR) is 110 cm³/mol. The van der Waals surface area contributed by atoms with Crippen LogP contribution in [0.4, 0.5) is 4.39 Å². The van der Waals surface area contributed by atoms with Crippen LogP contribution >= 0.6 is 11.8 Å². The smallest absolute Gasteiger partial charge is 0.233 e. The summed E-state index contributed by atoms with van der Waals surface area (Å²) in [4.78, 5) is 15.5. The van der Waals surface area contributed by atoms with E-state index in [1.807, 2.05) is 0 Å². The van der Waals surface area contributed by atoms with Crippen LogP contribution in [-0.2, 0) is 4.79 Å². The number of rotatable bonds is 6. The van der Waals surface area contributed by atoms with Gasteiger partial charge in [0.1, 0.15) is 5.82 Å². The van der Waals surface area contributed by atoms with Gasteiger partial charge in [-0.25, -0.2) is 4.39 Å². The van der Waals surface area contributed by atoms with Gasteiger partial charge in [-0.3, -0.25) is 4.79 Å². The number of carbonyl (C=O) groups excluding carboxylic acids is 1. The number of hydrogen-bond donors (Lipinski definition) is 0. The molecule has 1 heterocycles. The molecule has 2 aromatic rings. The summed E-state index contributed by atoms with van der Waals surface area (Å²) in [6.07, 6.45) is 11.9. The molecule has 1 aromatic carbocycles. The van der Waals surface area contributed by atoms with Gasteiger partial charge in [0, 0.05) is 12.1 Å². The van der Waals surface area contributed by atoms with Gasteiger partial charge in [0.05, 0.1) is 11.4 Å². The molecule has 0 spiro atoms. The SMILES string of the molecule is O=C(CSc1nnnn1-c1ccc(F)cc1)N(C1CCCCC1)C1CCCCC1. The molecular formula is C21H28FN5OS. The lowest BCUT2D eigenvalue weighted by Crippen LogP contribution is -2.49. The Bertz CT molecular complexity index is 782. The zero-order valence-electron chi connectivity index (χ0n) is 16.7. The number of carbonyl (C=O) groups is 1. The van der Waals surface area contributed by atoms with E-state index >= 15 is 0 Å². The molecule has 8 heteroatoms. The quantitative estimate of drug-likeness (QED) is 0.653. The second kappa shape index (κ2) is 9.69. The summed E-state index contributed by atoms with van der Waals surface area (Å²) in [6.45, 7) is 0. The lowest BCUT2D eigenvalue weighted by molar-refractivity contribution is -0.135. The van der Waals surface area contributed by atoms with E-state index in [0.29, 0.717) is 28.7 Å². The first kappa shape index (κ1) is 20.3.